The first-order valence-corrected chi connectivity index (χ1v) is 7.31. The van der Waals surface area contributed by atoms with Crippen molar-refractivity contribution in [3.63, 3.8) is 0 Å². The van der Waals surface area contributed by atoms with Crippen LogP contribution >= 0.6 is 0 Å². The maximum absolute atomic E-state index is 4.51. The van der Waals surface area contributed by atoms with Crippen molar-refractivity contribution in [1.29, 1.82) is 0 Å². The van der Waals surface area contributed by atoms with Crippen LogP contribution in [-0.4, -0.2) is 20.6 Å². The summed E-state index contributed by atoms with van der Waals surface area (Å²) in [6.07, 6.45) is 10.3. The summed E-state index contributed by atoms with van der Waals surface area (Å²) in [6.45, 7) is 4.37. The molecule has 0 spiro atoms. The van der Waals surface area contributed by atoms with E-state index in [2.05, 4.69) is 28.4 Å². The Hall–Kier alpha value is -1.58. The van der Waals surface area contributed by atoms with Crippen LogP contribution in [0.1, 0.15) is 44.7 Å². The molecule has 2 aromatic heterocycles. The molecule has 1 aliphatic rings. The topological polar surface area (TPSA) is 42.2 Å². The molecule has 1 N–H and O–H groups in total. The summed E-state index contributed by atoms with van der Waals surface area (Å²) >= 11 is 0. The van der Waals surface area contributed by atoms with E-state index < -0.39 is 0 Å². The summed E-state index contributed by atoms with van der Waals surface area (Å²) in [5.74, 6) is 1.69. The molecule has 1 fully saturated rings. The van der Waals surface area contributed by atoms with Crippen molar-refractivity contribution < 1.29 is 0 Å². The van der Waals surface area contributed by atoms with Crippen molar-refractivity contribution in [2.24, 2.45) is 5.92 Å². The smallest absolute Gasteiger partial charge is 0.152 e. The molecule has 102 valence electrons. The summed E-state index contributed by atoms with van der Waals surface area (Å²) < 4.78 is 1.91. The van der Waals surface area contributed by atoms with Crippen molar-refractivity contribution in [3.05, 3.63) is 24.2 Å². The minimum Gasteiger partial charge on any atom is -0.365 e. The minimum atomic E-state index is 0.538. The monoisotopic (exact) mass is 258 g/mol. The van der Waals surface area contributed by atoms with Gasteiger partial charge in [0, 0.05) is 18.4 Å². The van der Waals surface area contributed by atoms with E-state index in [9.17, 15) is 0 Å². The number of rotatable bonds is 2. The lowest BCUT2D eigenvalue weighted by molar-refractivity contribution is 0.456. The average Bonchev–Trinajstić information content (AvgIpc) is 2.66. The molecule has 2 heterocycles. The third kappa shape index (κ3) is 2.57. The zero-order valence-electron chi connectivity index (χ0n) is 11.8. The van der Waals surface area contributed by atoms with Crippen LogP contribution < -0.4 is 5.32 Å². The van der Waals surface area contributed by atoms with E-state index in [-0.39, 0.29) is 0 Å². The second kappa shape index (κ2) is 5.19. The normalized spacial score (nSPS) is 24.3. The molecule has 19 heavy (non-hydrogen) atoms. The molecule has 0 radical (unpaired) electrons. The molecule has 2 aromatic rings. The quantitative estimate of drug-likeness (QED) is 0.839. The van der Waals surface area contributed by atoms with Crippen molar-refractivity contribution in [3.8, 4) is 0 Å². The zero-order valence-corrected chi connectivity index (χ0v) is 11.8. The molecular weight excluding hydrogens is 236 g/mol. The number of aromatic nitrogens is 3. The molecule has 1 saturated carbocycles. The van der Waals surface area contributed by atoms with Gasteiger partial charge in [-0.3, -0.25) is 0 Å². The maximum Gasteiger partial charge on any atom is 0.152 e. The lowest BCUT2D eigenvalue weighted by Gasteiger charge is -2.23. The number of fused-ring (bicyclic) bond motifs is 1. The molecule has 3 rings (SSSR count). The van der Waals surface area contributed by atoms with E-state index in [4.69, 9.17) is 0 Å². The summed E-state index contributed by atoms with van der Waals surface area (Å²) in [7, 11) is 0. The fourth-order valence-corrected chi connectivity index (χ4v) is 3.04. The fourth-order valence-electron chi connectivity index (χ4n) is 3.04. The molecule has 4 heteroatoms. The van der Waals surface area contributed by atoms with Gasteiger partial charge in [-0.25, -0.2) is 9.50 Å². The van der Waals surface area contributed by atoms with Crippen molar-refractivity contribution in [2.45, 2.75) is 52.0 Å². The molecule has 0 bridgehead atoms. The van der Waals surface area contributed by atoms with E-state index in [1.807, 2.05) is 23.8 Å². The summed E-state index contributed by atoms with van der Waals surface area (Å²) in [4.78, 5) is 4.51. The number of aryl methyl sites for hydroxylation is 1. The Labute approximate surface area is 114 Å². The van der Waals surface area contributed by atoms with Crippen molar-refractivity contribution in [2.75, 3.05) is 5.32 Å². The van der Waals surface area contributed by atoms with Gasteiger partial charge < -0.3 is 5.32 Å². The second-order valence-electron chi connectivity index (χ2n) is 5.76. The molecule has 1 aliphatic carbocycles. The Morgan fingerprint density at radius 3 is 3.00 bits per heavy atom. The van der Waals surface area contributed by atoms with Crippen LogP contribution in [0, 0.1) is 12.8 Å². The number of anilines is 1. The van der Waals surface area contributed by atoms with Crippen LogP contribution in [0.2, 0.25) is 0 Å². The van der Waals surface area contributed by atoms with Crippen LogP contribution in [0.4, 0.5) is 5.82 Å². The van der Waals surface area contributed by atoms with Gasteiger partial charge in [-0.05, 0) is 31.7 Å². The summed E-state index contributed by atoms with van der Waals surface area (Å²) in [5.41, 5.74) is 2.11. The molecule has 0 saturated heterocycles. The zero-order chi connectivity index (χ0) is 13.2. The van der Waals surface area contributed by atoms with Gasteiger partial charge in [0.2, 0.25) is 0 Å². The van der Waals surface area contributed by atoms with Gasteiger partial charge in [0.05, 0.1) is 5.69 Å². The van der Waals surface area contributed by atoms with Gasteiger partial charge in [-0.15, -0.1) is 0 Å². The van der Waals surface area contributed by atoms with Gasteiger partial charge >= 0.3 is 0 Å². The van der Waals surface area contributed by atoms with Crippen molar-refractivity contribution in [1.82, 2.24) is 14.6 Å². The first-order chi connectivity index (χ1) is 9.24. The van der Waals surface area contributed by atoms with Gasteiger partial charge in [0.1, 0.15) is 5.52 Å². The standard InChI is InChI=1S/C15H22N4/c1-11-6-4-3-5-7-13(11)17-15-14-10-12(2)18-19(14)9-8-16-15/h8-11,13H,3-7H2,1-2H3,(H,16,17). The Kier molecular flexibility index (Phi) is 3.40. The van der Waals surface area contributed by atoms with Crippen LogP contribution in [0.5, 0.6) is 0 Å². The third-order valence-electron chi connectivity index (χ3n) is 4.20. The molecule has 2 unspecified atom stereocenters. The fraction of sp³-hybridized carbons (Fsp3) is 0.600. The Morgan fingerprint density at radius 1 is 1.26 bits per heavy atom. The Balaban J connectivity index is 1.87. The highest BCUT2D eigenvalue weighted by molar-refractivity contribution is 5.68. The van der Waals surface area contributed by atoms with Gasteiger partial charge in [-0.1, -0.05) is 26.2 Å². The van der Waals surface area contributed by atoms with Crippen LogP contribution in [0.25, 0.3) is 5.52 Å². The molecular formula is C15H22N4. The Bertz CT molecular complexity index is 560. The Morgan fingerprint density at radius 2 is 2.11 bits per heavy atom. The molecule has 0 amide bonds. The number of hydrogen-bond acceptors (Lipinski definition) is 3. The van der Waals surface area contributed by atoms with Crippen molar-refractivity contribution >= 4 is 11.3 Å². The van der Waals surface area contributed by atoms with Crippen LogP contribution in [0.15, 0.2) is 18.5 Å². The van der Waals surface area contributed by atoms with E-state index in [1.54, 1.807) is 0 Å². The molecule has 0 aromatic carbocycles. The van der Waals surface area contributed by atoms with Gasteiger partial charge in [0.25, 0.3) is 0 Å². The molecule has 0 aliphatic heterocycles. The summed E-state index contributed by atoms with van der Waals surface area (Å²) in [6, 6.07) is 2.63. The second-order valence-corrected chi connectivity index (χ2v) is 5.76. The lowest BCUT2D eigenvalue weighted by atomic mass is 9.97. The predicted octanol–water partition coefficient (Wildman–Crippen LogP) is 3.42. The first kappa shape index (κ1) is 12.5. The minimum absolute atomic E-state index is 0.538. The van der Waals surface area contributed by atoms with Crippen LogP contribution in [-0.2, 0) is 0 Å². The largest absolute Gasteiger partial charge is 0.365 e. The predicted molar refractivity (Wildman–Crippen MR) is 77.4 cm³/mol. The lowest BCUT2D eigenvalue weighted by Crippen LogP contribution is -2.27. The number of nitrogens with one attached hydrogen (secondary N) is 1. The molecule has 4 nitrogen and oxygen atoms in total. The summed E-state index contributed by atoms with van der Waals surface area (Å²) in [5, 5.41) is 8.10. The average molecular weight is 258 g/mol. The van der Waals surface area contributed by atoms with Gasteiger partial charge in [0.15, 0.2) is 5.82 Å². The van der Waals surface area contributed by atoms with Gasteiger partial charge in [-0.2, -0.15) is 5.10 Å². The SMILES string of the molecule is Cc1cc2c(NC3CCCCCC3C)nccn2n1. The number of hydrogen-bond donors (Lipinski definition) is 1. The maximum atomic E-state index is 4.51. The third-order valence-corrected chi connectivity index (χ3v) is 4.20. The number of nitrogens with zero attached hydrogens (tertiary/aromatic N) is 3. The van der Waals surface area contributed by atoms with E-state index in [0.29, 0.717) is 12.0 Å². The highest BCUT2D eigenvalue weighted by Crippen LogP contribution is 2.26. The van der Waals surface area contributed by atoms with E-state index in [0.717, 1.165) is 17.0 Å². The van der Waals surface area contributed by atoms with E-state index in [1.165, 1.54) is 32.1 Å². The highest BCUT2D eigenvalue weighted by atomic mass is 15.2. The molecule has 2 atom stereocenters. The highest BCUT2D eigenvalue weighted by Gasteiger charge is 2.20. The van der Waals surface area contributed by atoms with E-state index >= 15 is 0 Å². The van der Waals surface area contributed by atoms with Crippen LogP contribution in [0.3, 0.4) is 0 Å². The first-order valence-electron chi connectivity index (χ1n) is 7.31.